The lowest BCUT2D eigenvalue weighted by Gasteiger charge is -2.35. The Bertz CT molecular complexity index is 503. The molecule has 0 bridgehead atoms. The fourth-order valence-electron chi connectivity index (χ4n) is 3.41. The Hall–Kier alpha value is -1.37. The summed E-state index contributed by atoms with van der Waals surface area (Å²) in [6.07, 6.45) is 5.25. The van der Waals surface area contributed by atoms with Gasteiger partial charge in [-0.3, -0.25) is 9.69 Å². The molecule has 0 N–H and O–H groups in total. The summed E-state index contributed by atoms with van der Waals surface area (Å²) in [5.41, 5.74) is 0. The van der Waals surface area contributed by atoms with Gasteiger partial charge in [0.2, 0.25) is 5.91 Å². The van der Waals surface area contributed by atoms with Crippen LogP contribution in [0.25, 0.3) is 0 Å². The maximum Gasteiger partial charge on any atom is 0.248 e. The van der Waals surface area contributed by atoms with Crippen LogP contribution in [0.3, 0.4) is 0 Å². The van der Waals surface area contributed by atoms with Gasteiger partial charge in [-0.1, -0.05) is 0 Å². The fourth-order valence-corrected chi connectivity index (χ4v) is 3.41. The van der Waals surface area contributed by atoms with E-state index < -0.39 is 0 Å². The van der Waals surface area contributed by atoms with E-state index in [1.165, 1.54) is 0 Å². The molecule has 3 atom stereocenters. The van der Waals surface area contributed by atoms with Gasteiger partial charge in [0.15, 0.2) is 0 Å². The molecule has 3 rings (SSSR count). The molecule has 0 aromatic carbocycles. The van der Waals surface area contributed by atoms with Crippen molar-refractivity contribution in [3.8, 4) is 0 Å². The minimum absolute atomic E-state index is 0.0100. The summed E-state index contributed by atoms with van der Waals surface area (Å²) in [5, 5.41) is 0. The summed E-state index contributed by atoms with van der Waals surface area (Å²) < 4.78 is 17.1. The van der Waals surface area contributed by atoms with E-state index in [9.17, 15) is 4.79 Å². The van der Waals surface area contributed by atoms with Gasteiger partial charge in [-0.15, -0.1) is 0 Å². The van der Waals surface area contributed by atoms with Gasteiger partial charge in [-0.25, -0.2) is 0 Å². The molecule has 2 fully saturated rings. The summed E-state index contributed by atoms with van der Waals surface area (Å²) in [6, 6.07) is 4.43. The van der Waals surface area contributed by atoms with E-state index in [0.717, 1.165) is 38.1 Å². The topological polar surface area (TPSA) is 55.2 Å². The first-order valence-corrected chi connectivity index (χ1v) is 8.33. The zero-order valence-corrected chi connectivity index (χ0v) is 13.9. The van der Waals surface area contributed by atoms with Crippen LogP contribution in [0, 0.1) is 0 Å². The molecule has 6 nitrogen and oxygen atoms in total. The molecule has 2 saturated heterocycles. The van der Waals surface area contributed by atoms with E-state index in [-0.39, 0.29) is 24.7 Å². The third-order valence-corrected chi connectivity index (χ3v) is 4.72. The van der Waals surface area contributed by atoms with Crippen molar-refractivity contribution in [2.45, 2.75) is 44.1 Å². The van der Waals surface area contributed by atoms with Gasteiger partial charge in [0, 0.05) is 26.7 Å². The Balaban J connectivity index is 1.42. The van der Waals surface area contributed by atoms with Gasteiger partial charge in [0.25, 0.3) is 0 Å². The van der Waals surface area contributed by atoms with Gasteiger partial charge in [-0.05, 0) is 31.4 Å². The third kappa shape index (κ3) is 4.13. The van der Waals surface area contributed by atoms with Crippen LogP contribution in [-0.2, 0) is 20.8 Å². The number of fused-ring (bicyclic) bond motifs is 1. The number of hydrogen-bond donors (Lipinski definition) is 0. The zero-order valence-electron chi connectivity index (χ0n) is 13.9. The predicted molar refractivity (Wildman–Crippen MR) is 84.9 cm³/mol. The number of ether oxygens (including phenoxy) is 2. The Morgan fingerprint density at radius 1 is 1.39 bits per heavy atom. The first-order valence-electron chi connectivity index (χ1n) is 8.33. The second-order valence-corrected chi connectivity index (χ2v) is 6.58. The van der Waals surface area contributed by atoms with Crippen LogP contribution in [0.4, 0.5) is 0 Å². The Morgan fingerprint density at radius 3 is 3.00 bits per heavy atom. The van der Waals surface area contributed by atoms with E-state index in [0.29, 0.717) is 12.6 Å². The van der Waals surface area contributed by atoms with Crippen LogP contribution >= 0.6 is 0 Å². The average molecular weight is 322 g/mol. The van der Waals surface area contributed by atoms with Crippen LogP contribution in [0.5, 0.6) is 0 Å². The molecule has 0 spiro atoms. The van der Waals surface area contributed by atoms with Gasteiger partial charge in [0.1, 0.15) is 12.4 Å². The van der Waals surface area contributed by atoms with Gasteiger partial charge in [-0.2, -0.15) is 0 Å². The van der Waals surface area contributed by atoms with Crippen molar-refractivity contribution in [3.05, 3.63) is 24.2 Å². The number of carbonyl (C=O) groups excluding carboxylic acids is 1. The van der Waals surface area contributed by atoms with Crippen molar-refractivity contribution in [1.82, 2.24) is 9.80 Å². The maximum atomic E-state index is 11.5. The molecule has 6 heteroatoms. The average Bonchev–Trinajstić information content (AvgIpc) is 3.17. The lowest BCUT2D eigenvalue weighted by molar-refractivity contribution is -0.138. The van der Waals surface area contributed by atoms with Gasteiger partial charge >= 0.3 is 0 Å². The molecule has 1 aromatic heterocycles. The lowest BCUT2D eigenvalue weighted by Crippen LogP contribution is -2.43. The summed E-state index contributed by atoms with van der Waals surface area (Å²) in [7, 11) is 3.47. The molecular formula is C17H26N2O4. The molecular weight excluding hydrogens is 296 g/mol. The molecule has 0 radical (unpaired) electrons. The summed E-state index contributed by atoms with van der Waals surface area (Å²) in [5.74, 6) is 1.00. The van der Waals surface area contributed by atoms with E-state index in [2.05, 4.69) is 4.90 Å². The van der Waals surface area contributed by atoms with Crippen LogP contribution in [0.2, 0.25) is 0 Å². The second-order valence-electron chi connectivity index (χ2n) is 6.58. The molecule has 0 saturated carbocycles. The Morgan fingerprint density at radius 2 is 2.26 bits per heavy atom. The van der Waals surface area contributed by atoms with E-state index in [1.807, 2.05) is 12.1 Å². The Kier molecular flexibility index (Phi) is 5.35. The molecule has 1 aromatic rings. The summed E-state index contributed by atoms with van der Waals surface area (Å²) in [4.78, 5) is 15.5. The van der Waals surface area contributed by atoms with Crippen LogP contribution in [-0.4, -0.2) is 67.8 Å². The summed E-state index contributed by atoms with van der Waals surface area (Å²) >= 11 is 0. The highest BCUT2D eigenvalue weighted by Gasteiger charge is 2.39. The van der Waals surface area contributed by atoms with Crippen molar-refractivity contribution >= 4 is 5.91 Å². The molecule has 0 aliphatic carbocycles. The van der Waals surface area contributed by atoms with Gasteiger partial charge in [0.05, 0.1) is 31.6 Å². The molecule has 23 heavy (non-hydrogen) atoms. The first-order chi connectivity index (χ1) is 11.1. The monoisotopic (exact) mass is 322 g/mol. The summed E-state index contributed by atoms with van der Waals surface area (Å²) in [6.45, 7) is 2.53. The highest BCUT2D eigenvalue weighted by atomic mass is 16.5. The molecule has 2 aliphatic rings. The minimum Gasteiger partial charge on any atom is -0.468 e. The highest BCUT2D eigenvalue weighted by molar-refractivity contribution is 5.76. The van der Waals surface area contributed by atoms with E-state index in [4.69, 9.17) is 13.9 Å². The number of nitrogens with zero attached hydrogens (tertiary/aromatic N) is 2. The highest BCUT2D eigenvalue weighted by Crippen LogP contribution is 2.32. The number of likely N-dealkylation sites (tertiary alicyclic amines) is 1. The minimum atomic E-state index is -0.0100. The van der Waals surface area contributed by atoms with Crippen molar-refractivity contribution in [3.63, 3.8) is 0 Å². The molecule has 1 amide bonds. The molecule has 0 unspecified atom stereocenters. The van der Waals surface area contributed by atoms with Crippen LogP contribution in [0.1, 0.15) is 25.0 Å². The van der Waals surface area contributed by atoms with Crippen LogP contribution < -0.4 is 0 Å². The number of amides is 1. The quantitative estimate of drug-likeness (QED) is 0.794. The number of hydrogen-bond acceptors (Lipinski definition) is 5. The predicted octanol–water partition coefficient (Wildman–Crippen LogP) is 1.51. The smallest absolute Gasteiger partial charge is 0.248 e. The Labute approximate surface area is 137 Å². The lowest BCUT2D eigenvalue weighted by atomic mass is 9.99. The standard InChI is InChI=1S/C17H26N2O4/c1-18(2)17(20)12-21-11-14-5-6-15-16(23-14)7-8-19(15)10-13-4-3-9-22-13/h3-4,9,14-16H,5-8,10-12H2,1-2H3/t14-,15-,16-/m0/s1. The maximum absolute atomic E-state index is 11.5. The SMILES string of the molecule is CN(C)C(=O)COC[C@@H]1CC[C@H]2[C@H](CCN2Cc2ccco2)O1. The first kappa shape index (κ1) is 16.5. The number of rotatable bonds is 6. The van der Waals surface area contributed by atoms with Crippen molar-refractivity contribution < 1.29 is 18.7 Å². The molecule has 128 valence electrons. The van der Waals surface area contributed by atoms with Crippen LogP contribution in [0.15, 0.2) is 22.8 Å². The second kappa shape index (κ2) is 7.47. The van der Waals surface area contributed by atoms with Crippen molar-refractivity contribution in [1.29, 1.82) is 0 Å². The van der Waals surface area contributed by atoms with Crippen molar-refractivity contribution in [2.75, 3.05) is 33.9 Å². The largest absolute Gasteiger partial charge is 0.468 e. The molecule has 2 aliphatic heterocycles. The van der Waals surface area contributed by atoms with E-state index in [1.54, 1.807) is 25.3 Å². The van der Waals surface area contributed by atoms with E-state index >= 15 is 0 Å². The zero-order chi connectivity index (χ0) is 16.2. The number of likely N-dealkylation sites (N-methyl/N-ethyl adjacent to an activating group) is 1. The normalized spacial score (nSPS) is 27.8. The van der Waals surface area contributed by atoms with Gasteiger partial charge < -0.3 is 18.8 Å². The third-order valence-electron chi connectivity index (χ3n) is 4.72. The fraction of sp³-hybridized carbons (Fsp3) is 0.706. The number of furan rings is 1. The molecule has 3 heterocycles. The number of carbonyl (C=O) groups is 1. The van der Waals surface area contributed by atoms with Crippen molar-refractivity contribution in [2.24, 2.45) is 0 Å².